The molecular weight excluding hydrogens is 200 g/mol. The zero-order chi connectivity index (χ0) is 12.2. The van der Waals surface area contributed by atoms with Gasteiger partial charge in [0.25, 0.3) is 0 Å². The molecule has 1 rings (SSSR count). The summed E-state index contributed by atoms with van der Waals surface area (Å²) in [5.74, 6) is 0. The Labute approximate surface area is 97.2 Å². The van der Waals surface area contributed by atoms with Crippen molar-refractivity contribution in [3.05, 3.63) is 35.4 Å². The van der Waals surface area contributed by atoms with Gasteiger partial charge in [0, 0.05) is 19.0 Å². The van der Waals surface area contributed by atoms with E-state index in [9.17, 15) is 4.79 Å². The predicted octanol–water partition coefficient (Wildman–Crippen LogP) is 2.20. The highest BCUT2D eigenvalue weighted by Crippen LogP contribution is 2.22. The molecule has 0 fully saturated rings. The fourth-order valence-corrected chi connectivity index (χ4v) is 1.56. The number of rotatable bonds is 3. The van der Waals surface area contributed by atoms with Gasteiger partial charge in [0.1, 0.15) is 0 Å². The molecule has 2 amide bonds. The summed E-state index contributed by atoms with van der Waals surface area (Å²) in [6.45, 7) is 6.94. The van der Waals surface area contributed by atoms with Crippen molar-refractivity contribution >= 4 is 6.03 Å². The van der Waals surface area contributed by atoms with E-state index in [4.69, 9.17) is 0 Å². The van der Waals surface area contributed by atoms with Crippen LogP contribution in [0.25, 0.3) is 0 Å². The Kier molecular flexibility index (Phi) is 3.93. The molecule has 0 spiro atoms. The predicted molar refractivity (Wildman–Crippen MR) is 66.7 cm³/mol. The molecule has 0 saturated carbocycles. The second-order valence-corrected chi connectivity index (χ2v) is 4.69. The number of benzene rings is 1. The van der Waals surface area contributed by atoms with Crippen molar-refractivity contribution in [3.63, 3.8) is 0 Å². The molecule has 3 nitrogen and oxygen atoms in total. The van der Waals surface area contributed by atoms with Crippen molar-refractivity contribution in [2.24, 2.45) is 0 Å². The normalized spacial score (nSPS) is 11.0. The van der Waals surface area contributed by atoms with Gasteiger partial charge in [-0.2, -0.15) is 0 Å². The van der Waals surface area contributed by atoms with Crippen molar-refractivity contribution in [3.8, 4) is 0 Å². The van der Waals surface area contributed by atoms with E-state index in [2.05, 4.69) is 49.6 Å². The van der Waals surface area contributed by atoms with Gasteiger partial charge in [-0.05, 0) is 12.5 Å². The van der Waals surface area contributed by atoms with Crippen molar-refractivity contribution in [1.82, 2.24) is 10.6 Å². The van der Waals surface area contributed by atoms with Gasteiger partial charge in [-0.25, -0.2) is 4.79 Å². The minimum Gasteiger partial charge on any atom is -0.341 e. The maximum absolute atomic E-state index is 11.1. The zero-order valence-electron chi connectivity index (χ0n) is 10.4. The number of aryl methyl sites for hydroxylation is 1. The Balaban J connectivity index is 2.73. The summed E-state index contributed by atoms with van der Waals surface area (Å²) < 4.78 is 0. The number of urea groups is 1. The maximum atomic E-state index is 11.1. The highest BCUT2D eigenvalue weighted by Gasteiger charge is 2.21. The maximum Gasteiger partial charge on any atom is 0.314 e. The molecule has 0 atom stereocenters. The van der Waals surface area contributed by atoms with Gasteiger partial charge < -0.3 is 10.6 Å². The van der Waals surface area contributed by atoms with Crippen LogP contribution in [0.2, 0.25) is 0 Å². The minimum absolute atomic E-state index is 0.0570. The third-order valence-corrected chi connectivity index (χ3v) is 2.72. The second kappa shape index (κ2) is 5.01. The average molecular weight is 220 g/mol. The van der Waals surface area contributed by atoms with Gasteiger partial charge >= 0.3 is 6.03 Å². The molecule has 0 aliphatic heterocycles. The summed E-state index contributed by atoms with van der Waals surface area (Å²) >= 11 is 0. The highest BCUT2D eigenvalue weighted by atomic mass is 16.2. The zero-order valence-corrected chi connectivity index (χ0v) is 10.4. The quantitative estimate of drug-likeness (QED) is 0.805. The van der Waals surface area contributed by atoms with Crippen LogP contribution in [0.3, 0.4) is 0 Å². The van der Waals surface area contributed by atoms with Gasteiger partial charge in [-0.15, -0.1) is 0 Å². The molecule has 1 aromatic rings. The molecular formula is C13H20N2O. The highest BCUT2D eigenvalue weighted by molar-refractivity contribution is 5.73. The van der Waals surface area contributed by atoms with Gasteiger partial charge in [0.05, 0.1) is 0 Å². The molecule has 1 aromatic carbocycles. The van der Waals surface area contributed by atoms with E-state index < -0.39 is 0 Å². The lowest BCUT2D eigenvalue weighted by molar-refractivity contribution is 0.240. The molecule has 2 N–H and O–H groups in total. The number of amides is 2. The van der Waals surface area contributed by atoms with Gasteiger partial charge in [0.2, 0.25) is 0 Å². The summed E-state index contributed by atoms with van der Waals surface area (Å²) in [7, 11) is 1.62. The SMILES string of the molecule is CNC(=O)NCC(C)(C)c1cccc(C)c1. The number of carbonyl (C=O) groups excluding carboxylic acids is 1. The Morgan fingerprint density at radius 3 is 2.62 bits per heavy atom. The van der Waals surface area contributed by atoms with Gasteiger partial charge in [0.15, 0.2) is 0 Å². The molecule has 0 bridgehead atoms. The lowest BCUT2D eigenvalue weighted by atomic mass is 9.84. The number of carbonyl (C=O) groups is 1. The summed E-state index contributed by atoms with van der Waals surface area (Å²) in [5.41, 5.74) is 2.42. The fraction of sp³-hybridized carbons (Fsp3) is 0.462. The third-order valence-electron chi connectivity index (χ3n) is 2.72. The summed E-state index contributed by atoms with van der Waals surface area (Å²) in [6.07, 6.45) is 0. The van der Waals surface area contributed by atoms with E-state index >= 15 is 0 Å². The number of hydrogen-bond acceptors (Lipinski definition) is 1. The Hall–Kier alpha value is -1.51. The summed E-state index contributed by atoms with van der Waals surface area (Å²) in [4.78, 5) is 11.1. The van der Waals surface area contributed by atoms with Crippen LogP contribution in [0.1, 0.15) is 25.0 Å². The van der Waals surface area contributed by atoms with Gasteiger partial charge in [-0.1, -0.05) is 43.7 Å². The first-order valence-electron chi connectivity index (χ1n) is 5.48. The number of nitrogens with one attached hydrogen (secondary N) is 2. The van der Waals surface area contributed by atoms with Crippen molar-refractivity contribution in [2.45, 2.75) is 26.2 Å². The molecule has 0 aliphatic rings. The van der Waals surface area contributed by atoms with Crippen LogP contribution < -0.4 is 10.6 Å². The standard InChI is InChI=1S/C13H20N2O/c1-10-6-5-7-11(8-10)13(2,3)9-15-12(16)14-4/h5-8H,9H2,1-4H3,(H2,14,15,16). The topological polar surface area (TPSA) is 41.1 Å². The molecule has 0 aromatic heterocycles. The van der Waals surface area contributed by atoms with E-state index in [0.717, 1.165) is 0 Å². The Morgan fingerprint density at radius 1 is 1.38 bits per heavy atom. The van der Waals surface area contributed by atoms with Crippen LogP contribution >= 0.6 is 0 Å². The van der Waals surface area contributed by atoms with Crippen LogP contribution in [0.5, 0.6) is 0 Å². The molecule has 0 unspecified atom stereocenters. The Morgan fingerprint density at radius 2 is 2.06 bits per heavy atom. The average Bonchev–Trinajstić information content (AvgIpc) is 2.26. The molecule has 0 radical (unpaired) electrons. The Bertz CT molecular complexity index is 372. The second-order valence-electron chi connectivity index (χ2n) is 4.69. The van der Waals surface area contributed by atoms with Crippen molar-refractivity contribution in [1.29, 1.82) is 0 Å². The molecule has 0 saturated heterocycles. The summed E-state index contributed by atoms with van der Waals surface area (Å²) in [6, 6.07) is 8.24. The van der Waals surface area contributed by atoms with Crippen LogP contribution in [-0.2, 0) is 5.41 Å². The minimum atomic E-state index is -0.138. The lowest BCUT2D eigenvalue weighted by Crippen LogP contribution is -2.40. The van der Waals surface area contributed by atoms with Crippen LogP contribution in [0.15, 0.2) is 24.3 Å². The first-order valence-corrected chi connectivity index (χ1v) is 5.48. The molecule has 3 heteroatoms. The monoisotopic (exact) mass is 220 g/mol. The van der Waals surface area contributed by atoms with Crippen molar-refractivity contribution < 1.29 is 4.79 Å². The first-order chi connectivity index (χ1) is 7.45. The molecule has 0 aliphatic carbocycles. The smallest absolute Gasteiger partial charge is 0.314 e. The lowest BCUT2D eigenvalue weighted by Gasteiger charge is -2.26. The number of hydrogen-bond donors (Lipinski definition) is 2. The van der Waals surface area contributed by atoms with E-state index in [-0.39, 0.29) is 11.4 Å². The van der Waals surface area contributed by atoms with Crippen LogP contribution in [0, 0.1) is 6.92 Å². The van der Waals surface area contributed by atoms with E-state index in [1.165, 1.54) is 11.1 Å². The van der Waals surface area contributed by atoms with Crippen molar-refractivity contribution in [2.75, 3.05) is 13.6 Å². The summed E-state index contributed by atoms with van der Waals surface area (Å²) in [5, 5.41) is 5.39. The first kappa shape index (κ1) is 12.6. The van der Waals surface area contributed by atoms with E-state index in [1.54, 1.807) is 7.05 Å². The van der Waals surface area contributed by atoms with E-state index in [0.29, 0.717) is 6.54 Å². The largest absolute Gasteiger partial charge is 0.341 e. The van der Waals surface area contributed by atoms with E-state index in [1.807, 2.05) is 6.07 Å². The third kappa shape index (κ3) is 3.26. The van der Waals surface area contributed by atoms with Crippen LogP contribution in [-0.4, -0.2) is 19.6 Å². The van der Waals surface area contributed by atoms with Gasteiger partial charge in [-0.3, -0.25) is 0 Å². The molecule has 0 heterocycles. The fourth-order valence-electron chi connectivity index (χ4n) is 1.56. The molecule has 16 heavy (non-hydrogen) atoms. The molecule has 88 valence electrons. The van der Waals surface area contributed by atoms with Crippen LogP contribution in [0.4, 0.5) is 4.79 Å².